The quantitative estimate of drug-likeness (QED) is 0.583. The molecule has 0 atom stereocenters. The predicted molar refractivity (Wildman–Crippen MR) is 103 cm³/mol. The smallest absolute Gasteiger partial charge is 0.406 e. The highest BCUT2D eigenvalue weighted by Crippen LogP contribution is 2.26. The third kappa shape index (κ3) is 4.77. The molecule has 9 nitrogen and oxygen atoms in total. The summed E-state index contributed by atoms with van der Waals surface area (Å²) < 4.78 is 69.1. The number of ether oxygens (including phenoxy) is 1. The largest absolute Gasteiger partial charge is 0.573 e. The Morgan fingerprint density at radius 2 is 1.55 bits per heavy atom. The summed E-state index contributed by atoms with van der Waals surface area (Å²) in [6.45, 7) is 1.19. The van der Waals surface area contributed by atoms with Crippen LogP contribution in [0.1, 0.15) is 0 Å². The number of nitrogens with zero attached hydrogens (tertiary/aromatic N) is 6. The molecular weight excluding hydrogens is 437 g/mol. The maximum atomic E-state index is 12.8. The summed E-state index contributed by atoms with van der Waals surface area (Å²) in [5, 5.41) is 12.4. The van der Waals surface area contributed by atoms with E-state index in [0.29, 0.717) is 24.7 Å². The molecule has 3 heterocycles. The minimum absolute atomic E-state index is 0.0983. The fourth-order valence-electron chi connectivity index (χ4n) is 3.13. The fraction of sp³-hybridized carbons (Fsp3) is 0.278. The monoisotopic (exact) mass is 454 g/mol. The molecule has 164 valence electrons. The standard InChI is InChI=1S/C18H17F3N6O3S/c19-18(20,21)30-14-2-4-15(5-3-14)31(28,29)26-12-10-25(11-13-26)16-6-7-17(24-23-16)27-9-1-8-22-27/h1-9H,10-13H2. The summed E-state index contributed by atoms with van der Waals surface area (Å²) in [7, 11) is -3.84. The van der Waals surface area contributed by atoms with Crippen LogP contribution >= 0.6 is 0 Å². The highest BCUT2D eigenvalue weighted by atomic mass is 32.2. The van der Waals surface area contributed by atoms with Crippen LogP contribution in [-0.4, -0.2) is 65.2 Å². The number of hydrogen-bond acceptors (Lipinski definition) is 7. The molecule has 1 saturated heterocycles. The van der Waals surface area contributed by atoms with Gasteiger partial charge in [-0.25, -0.2) is 13.1 Å². The van der Waals surface area contributed by atoms with E-state index in [9.17, 15) is 21.6 Å². The number of hydrogen-bond donors (Lipinski definition) is 0. The lowest BCUT2D eigenvalue weighted by atomic mass is 10.3. The number of piperazine rings is 1. The molecule has 0 saturated carbocycles. The van der Waals surface area contributed by atoms with Crippen molar-refractivity contribution in [2.24, 2.45) is 0 Å². The van der Waals surface area contributed by atoms with Crippen molar-refractivity contribution in [1.82, 2.24) is 24.3 Å². The zero-order chi connectivity index (χ0) is 22.1. The normalized spacial score (nSPS) is 15.8. The molecule has 0 amide bonds. The Morgan fingerprint density at radius 3 is 2.10 bits per heavy atom. The molecule has 1 aliphatic heterocycles. The second-order valence-electron chi connectivity index (χ2n) is 6.61. The molecule has 31 heavy (non-hydrogen) atoms. The van der Waals surface area contributed by atoms with E-state index in [1.807, 2.05) is 4.90 Å². The van der Waals surface area contributed by atoms with Crippen LogP contribution in [0, 0.1) is 0 Å². The molecular formula is C18H17F3N6O3S. The van der Waals surface area contributed by atoms with Gasteiger partial charge in [0.05, 0.1) is 4.90 Å². The molecule has 4 rings (SSSR count). The molecule has 0 unspecified atom stereocenters. The SMILES string of the molecule is O=S(=O)(c1ccc(OC(F)(F)F)cc1)N1CCN(c2ccc(-n3cccn3)nn2)CC1. The minimum atomic E-state index is -4.84. The first-order chi connectivity index (χ1) is 14.7. The first kappa shape index (κ1) is 21.1. The van der Waals surface area contributed by atoms with Gasteiger partial charge >= 0.3 is 6.36 Å². The Labute approximate surface area is 175 Å². The van der Waals surface area contributed by atoms with Crippen molar-refractivity contribution in [2.75, 3.05) is 31.1 Å². The Morgan fingerprint density at radius 1 is 0.903 bits per heavy atom. The number of rotatable bonds is 5. The van der Waals surface area contributed by atoms with Crippen LogP contribution in [0.5, 0.6) is 5.75 Å². The molecule has 0 bridgehead atoms. The van der Waals surface area contributed by atoms with Crippen LogP contribution in [0.3, 0.4) is 0 Å². The lowest BCUT2D eigenvalue weighted by molar-refractivity contribution is -0.274. The third-order valence-electron chi connectivity index (χ3n) is 4.63. The van der Waals surface area contributed by atoms with Gasteiger partial charge in [0.25, 0.3) is 0 Å². The Bertz CT molecular complexity index is 1110. The number of halogens is 3. The van der Waals surface area contributed by atoms with Crippen molar-refractivity contribution >= 4 is 15.8 Å². The topological polar surface area (TPSA) is 93.5 Å². The molecule has 1 fully saturated rings. The highest BCUT2D eigenvalue weighted by Gasteiger charge is 2.32. The zero-order valence-corrected chi connectivity index (χ0v) is 16.8. The molecule has 0 N–H and O–H groups in total. The van der Waals surface area contributed by atoms with Gasteiger partial charge in [-0.05, 0) is 42.5 Å². The highest BCUT2D eigenvalue weighted by molar-refractivity contribution is 7.89. The van der Waals surface area contributed by atoms with Crippen molar-refractivity contribution in [3.63, 3.8) is 0 Å². The average molecular weight is 454 g/mol. The zero-order valence-electron chi connectivity index (χ0n) is 16.0. The molecule has 3 aromatic rings. The first-order valence-electron chi connectivity index (χ1n) is 9.17. The van der Waals surface area contributed by atoms with Crippen molar-refractivity contribution < 1.29 is 26.3 Å². The van der Waals surface area contributed by atoms with E-state index in [2.05, 4.69) is 20.0 Å². The van der Waals surface area contributed by atoms with Crippen LogP contribution in [0.15, 0.2) is 59.8 Å². The van der Waals surface area contributed by atoms with Gasteiger partial charge in [0, 0.05) is 38.6 Å². The Hall–Kier alpha value is -3.19. The summed E-state index contributed by atoms with van der Waals surface area (Å²) in [4.78, 5) is 1.81. The van der Waals surface area contributed by atoms with Gasteiger partial charge in [-0.15, -0.1) is 23.4 Å². The van der Waals surface area contributed by atoms with Gasteiger partial charge < -0.3 is 9.64 Å². The average Bonchev–Trinajstić information content (AvgIpc) is 3.28. The van der Waals surface area contributed by atoms with E-state index in [1.165, 1.54) is 4.31 Å². The van der Waals surface area contributed by atoms with E-state index in [1.54, 1.807) is 35.3 Å². The van der Waals surface area contributed by atoms with Crippen molar-refractivity contribution in [3.8, 4) is 11.6 Å². The Balaban J connectivity index is 1.39. The van der Waals surface area contributed by atoms with Crippen molar-refractivity contribution in [1.29, 1.82) is 0 Å². The molecule has 0 spiro atoms. The lowest BCUT2D eigenvalue weighted by Gasteiger charge is -2.34. The molecule has 1 aromatic carbocycles. The number of aromatic nitrogens is 4. The maximum Gasteiger partial charge on any atom is 0.573 e. The van der Waals surface area contributed by atoms with Gasteiger partial charge in [0.15, 0.2) is 11.6 Å². The fourth-order valence-corrected chi connectivity index (χ4v) is 4.56. The van der Waals surface area contributed by atoms with E-state index >= 15 is 0 Å². The van der Waals surface area contributed by atoms with Gasteiger partial charge in [-0.1, -0.05) is 0 Å². The van der Waals surface area contributed by atoms with E-state index in [4.69, 9.17) is 0 Å². The minimum Gasteiger partial charge on any atom is -0.406 e. The number of alkyl halides is 3. The summed E-state index contributed by atoms with van der Waals surface area (Å²) in [5.74, 6) is 0.697. The van der Waals surface area contributed by atoms with Crippen LogP contribution in [0.25, 0.3) is 5.82 Å². The third-order valence-corrected chi connectivity index (χ3v) is 6.55. The number of anilines is 1. The van der Waals surface area contributed by atoms with Gasteiger partial charge in [0.1, 0.15) is 5.75 Å². The number of sulfonamides is 1. The van der Waals surface area contributed by atoms with Gasteiger partial charge in [-0.2, -0.15) is 9.40 Å². The van der Waals surface area contributed by atoms with Crippen LogP contribution in [0.2, 0.25) is 0 Å². The van der Waals surface area contributed by atoms with Gasteiger partial charge in [0.2, 0.25) is 10.0 Å². The summed E-state index contributed by atoms with van der Waals surface area (Å²) in [6, 6.07) is 9.48. The van der Waals surface area contributed by atoms with E-state index in [0.717, 1.165) is 24.3 Å². The Kier molecular flexibility index (Phi) is 5.54. The van der Waals surface area contributed by atoms with E-state index < -0.39 is 22.1 Å². The maximum absolute atomic E-state index is 12.8. The molecule has 1 aliphatic rings. The summed E-state index contributed by atoms with van der Waals surface area (Å²) in [5.41, 5.74) is 0. The number of benzene rings is 1. The van der Waals surface area contributed by atoms with Crippen LogP contribution in [-0.2, 0) is 10.0 Å². The van der Waals surface area contributed by atoms with Crippen LogP contribution < -0.4 is 9.64 Å². The van der Waals surface area contributed by atoms with Crippen molar-refractivity contribution in [3.05, 3.63) is 54.9 Å². The van der Waals surface area contributed by atoms with Crippen LogP contribution in [0.4, 0.5) is 19.0 Å². The second kappa shape index (κ2) is 8.15. The predicted octanol–water partition coefficient (Wildman–Crippen LogP) is 2.07. The first-order valence-corrected chi connectivity index (χ1v) is 10.6. The summed E-state index contributed by atoms with van der Waals surface area (Å²) in [6.07, 6.45) is -1.46. The molecule has 13 heteroatoms. The molecule has 2 aromatic heterocycles. The van der Waals surface area contributed by atoms with E-state index in [-0.39, 0.29) is 18.0 Å². The summed E-state index contributed by atoms with van der Waals surface area (Å²) >= 11 is 0. The van der Waals surface area contributed by atoms with Gasteiger partial charge in [-0.3, -0.25) is 0 Å². The lowest BCUT2D eigenvalue weighted by Crippen LogP contribution is -2.49. The second-order valence-corrected chi connectivity index (χ2v) is 8.55. The van der Waals surface area contributed by atoms with Crippen molar-refractivity contribution in [2.45, 2.75) is 11.3 Å². The molecule has 0 radical (unpaired) electrons. The molecule has 0 aliphatic carbocycles.